The van der Waals surface area contributed by atoms with Crippen LogP contribution >= 0.6 is 12.2 Å². The molecule has 2 aromatic carbocycles. The number of hydrogen-bond acceptors (Lipinski definition) is 3. The van der Waals surface area contributed by atoms with Crippen molar-refractivity contribution in [2.75, 3.05) is 7.11 Å². The fourth-order valence-electron chi connectivity index (χ4n) is 2.73. The summed E-state index contributed by atoms with van der Waals surface area (Å²) in [4.78, 5) is 5.24. The zero-order chi connectivity index (χ0) is 16.6. The summed E-state index contributed by atoms with van der Waals surface area (Å²) in [5.41, 5.74) is 11.1. The van der Waals surface area contributed by atoms with Crippen molar-refractivity contribution >= 4 is 28.2 Å². The molecule has 2 N–H and O–H groups in total. The Bertz CT molecular complexity index is 899. The number of aromatic nitrogens is 2. The van der Waals surface area contributed by atoms with Crippen LogP contribution in [0.3, 0.4) is 0 Å². The standard InChI is InChI=1S/C18H19N3OS/c1-11-8-14-15(9-12(11)2)21(10-17(19)23)18(20-14)13-6-4-5-7-16(13)22-3/h4-9H,10H2,1-3H3,(H2,19,23). The molecule has 0 radical (unpaired) electrons. The number of methoxy groups -OCH3 is 1. The molecule has 0 atom stereocenters. The second-order valence-electron chi connectivity index (χ2n) is 5.61. The number of aryl methyl sites for hydroxylation is 2. The number of para-hydroxylation sites is 1. The van der Waals surface area contributed by atoms with Gasteiger partial charge in [0.1, 0.15) is 11.6 Å². The Balaban J connectivity index is 2.33. The minimum absolute atomic E-state index is 0.429. The van der Waals surface area contributed by atoms with Crippen LogP contribution in [0.5, 0.6) is 5.75 Å². The molecule has 0 spiro atoms. The van der Waals surface area contributed by atoms with Crippen LogP contribution in [-0.4, -0.2) is 21.6 Å². The molecule has 0 bridgehead atoms. The molecule has 0 aliphatic rings. The van der Waals surface area contributed by atoms with E-state index in [1.165, 1.54) is 11.1 Å². The third-order valence-corrected chi connectivity index (χ3v) is 4.15. The minimum atomic E-state index is 0.429. The molecule has 1 aromatic heterocycles. The van der Waals surface area contributed by atoms with Crippen molar-refractivity contribution in [2.24, 2.45) is 5.73 Å². The smallest absolute Gasteiger partial charge is 0.145 e. The summed E-state index contributed by atoms with van der Waals surface area (Å²) in [6, 6.07) is 12.1. The Morgan fingerprint density at radius 2 is 1.91 bits per heavy atom. The zero-order valence-electron chi connectivity index (χ0n) is 13.5. The first-order chi connectivity index (χ1) is 11.0. The van der Waals surface area contributed by atoms with Crippen molar-refractivity contribution < 1.29 is 4.74 Å². The summed E-state index contributed by atoms with van der Waals surface area (Å²) in [6.45, 7) is 4.63. The van der Waals surface area contributed by atoms with Gasteiger partial charge in [0.25, 0.3) is 0 Å². The quantitative estimate of drug-likeness (QED) is 0.745. The van der Waals surface area contributed by atoms with Crippen LogP contribution in [0, 0.1) is 13.8 Å². The highest BCUT2D eigenvalue weighted by Gasteiger charge is 2.17. The van der Waals surface area contributed by atoms with Gasteiger partial charge in [-0.2, -0.15) is 0 Å². The van der Waals surface area contributed by atoms with Crippen LogP contribution in [0.1, 0.15) is 11.1 Å². The van der Waals surface area contributed by atoms with E-state index in [0.717, 1.165) is 28.2 Å². The molecule has 4 nitrogen and oxygen atoms in total. The van der Waals surface area contributed by atoms with Crippen LogP contribution < -0.4 is 10.5 Å². The Kier molecular flexibility index (Phi) is 4.05. The second-order valence-corrected chi connectivity index (χ2v) is 6.14. The lowest BCUT2D eigenvalue weighted by molar-refractivity contribution is 0.416. The number of benzene rings is 2. The molecule has 0 saturated heterocycles. The van der Waals surface area contributed by atoms with Crippen molar-refractivity contribution in [1.82, 2.24) is 9.55 Å². The summed E-state index contributed by atoms with van der Waals surface area (Å²) >= 11 is 5.13. The van der Waals surface area contributed by atoms with E-state index < -0.39 is 0 Å². The van der Waals surface area contributed by atoms with Gasteiger partial charge in [0.05, 0.1) is 35.2 Å². The molecule has 0 amide bonds. The van der Waals surface area contributed by atoms with Gasteiger partial charge in [0, 0.05) is 0 Å². The summed E-state index contributed by atoms with van der Waals surface area (Å²) in [6.07, 6.45) is 0. The summed E-state index contributed by atoms with van der Waals surface area (Å²) in [7, 11) is 1.66. The summed E-state index contributed by atoms with van der Waals surface area (Å²) in [5.74, 6) is 1.59. The number of thiocarbonyl (C=S) groups is 1. The Hall–Kier alpha value is -2.40. The molecule has 0 unspecified atom stereocenters. The Labute approximate surface area is 140 Å². The molecule has 23 heavy (non-hydrogen) atoms. The molecule has 0 aliphatic carbocycles. The van der Waals surface area contributed by atoms with Crippen molar-refractivity contribution in [1.29, 1.82) is 0 Å². The van der Waals surface area contributed by atoms with Crippen LogP contribution in [0.2, 0.25) is 0 Å². The maximum Gasteiger partial charge on any atom is 0.145 e. The minimum Gasteiger partial charge on any atom is -0.496 e. The van der Waals surface area contributed by atoms with E-state index in [4.69, 9.17) is 27.7 Å². The SMILES string of the molecule is COc1ccccc1-c1nc2cc(C)c(C)cc2n1CC(N)=S. The van der Waals surface area contributed by atoms with Crippen LogP contribution in [0.25, 0.3) is 22.4 Å². The van der Waals surface area contributed by atoms with Gasteiger partial charge >= 0.3 is 0 Å². The lowest BCUT2D eigenvalue weighted by Crippen LogP contribution is -2.17. The van der Waals surface area contributed by atoms with Crippen molar-refractivity contribution in [2.45, 2.75) is 20.4 Å². The third-order valence-electron chi connectivity index (χ3n) is 4.03. The van der Waals surface area contributed by atoms with Gasteiger partial charge in [-0.1, -0.05) is 24.4 Å². The van der Waals surface area contributed by atoms with Gasteiger partial charge in [-0.05, 0) is 49.2 Å². The zero-order valence-corrected chi connectivity index (χ0v) is 14.3. The van der Waals surface area contributed by atoms with Crippen molar-refractivity contribution in [3.63, 3.8) is 0 Å². The highest BCUT2D eigenvalue weighted by molar-refractivity contribution is 7.80. The number of nitrogens with zero attached hydrogens (tertiary/aromatic N) is 2. The topological polar surface area (TPSA) is 53.1 Å². The first-order valence-corrected chi connectivity index (χ1v) is 7.81. The van der Waals surface area contributed by atoms with E-state index in [1.807, 2.05) is 24.3 Å². The van der Waals surface area contributed by atoms with Crippen LogP contribution in [-0.2, 0) is 6.54 Å². The van der Waals surface area contributed by atoms with Gasteiger partial charge in [-0.15, -0.1) is 0 Å². The number of nitrogens with two attached hydrogens (primary N) is 1. The van der Waals surface area contributed by atoms with Crippen molar-refractivity contribution in [3.05, 3.63) is 47.5 Å². The molecular weight excluding hydrogens is 306 g/mol. The first-order valence-electron chi connectivity index (χ1n) is 7.40. The number of rotatable bonds is 4. The largest absolute Gasteiger partial charge is 0.496 e. The maximum absolute atomic E-state index is 5.81. The highest BCUT2D eigenvalue weighted by Crippen LogP contribution is 2.32. The molecule has 3 rings (SSSR count). The van der Waals surface area contributed by atoms with Crippen LogP contribution in [0.4, 0.5) is 0 Å². The summed E-state index contributed by atoms with van der Waals surface area (Å²) in [5, 5.41) is 0. The number of imidazole rings is 1. The van der Waals surface area contributed by atoms with Gasteiger partial charge in [0.15, 0.2) is 0 Å². The molecule has 5 heteroatoms. The number of hydrogen-bond donors (Lipinski definition) is 1. The lowest BCUT2D eigenvalue weighted by Gasteiger charge is -2.11. The average Bonchev–Trinajstić information content (AvgIpc) is 2.85. The maximum atomic E-state index is 5.81. The second kappa shape index (κ2) is 6.01. The van der Waals surface area contributed by atoms with E-state index in [1.54, 1.807) is 7.11 Å². The molecule has 1 heterocycles. The predicted molar refractivity (Wildman–Crippen MR) is 98.0 cm³/mol. The molecule has 118 valence electrons. The van der Waals surface area contributed by atoms with Crippen LogP contribution in [0.15, 0.2) is 36.4 Å². The van der Waals surface area contributed by atoms with E-state index in [0.29, 0.717) is 11.5 Å². The van der Waals surface area contributed by atoms with E-state index in [2.05, 4.69) is 30.5 Å². The molecule has 0 aliphatic heterocycles. The highest BCUT2D eigenvalue weighted by atomic mass is 32.1. The fourth-order valence-corrected chi connectivity index (χ4v) is 2.86. The lowest BCUT2D eigenvalue weighted by atomic mass is 10.1. The van der Waals surface area contributed by atoms with E-state index >= 15 is 0 Å². The van der Waals surface area contributed by atoms with Gasteiger partial charge in [0.2, 0.25) is 0 Å². The summed E-state index contributed by atoms with van der Waals surface area (Å²) < 4.78 is 7.54. The monoisotopic (exact) mass is 325 g/mol. The normalized spacial score (nSPS) is 10.9. The Morgan fingerprint density at radius 3 is 2.61 bits per heavy atom. The fraction of sp³-hybridized carbons (Fsp3) is 0.222. The molecule has 0 saturated carbocycles. The molecule has 0 fully saturated rings. The van der Waals surface area contributed by atoms with E-state index in [9.17, 15) is 0 Å². The van der Waals surface area contributed by atoms with Gasteiger partial charge < -0.3 is 15.0 Å². The van der Waals surface area contributed by atoms with Gasteiger partial charge in [-0.25, -0.2) is 4.98 Å². The molecule has 3 aromatic rings. The number of ether oxygens (including phenoxy) is 1. The Morgan fingerprint density at radius 1 is 1.22 bits per heavy atom. The average molecular weight is 325 g/mol. The van der Waals surface area contributed by atoms with E-state index in [-0.39, 0.29) is 0 Å². The third kappa shape index (κ3) is 2.80. The predicted octanol–water partition coefficient (Wildman–Crippen LogP) is 3.61. The number of fused-ring (bicyclic) bond motifs is 1. The van der Waals surface area contributed by atoms with Gasteiger partial charge in [-0.3, -0.25) is 0 Å². The first kappa shape index (κ1) is 15.5. The molecular formula is C18H19N3OS. The van der Waals surface area contributed by atoms with Crippen molar-refractivity contribution in [3.8, 4) is 17.1 Å².